The lowest BCUT2D eigenvalue weighted by atomic mass is 9.86. The maximum absolute atomic E-state index is 14.7. The van der Waals surface area contributed by atoms with E-state index in [0.717, 1.165) is 30.6 Å². The van der Waals surface area contributed by atoms with Gasteiger partial charge in [0.05, 0.1) is 19.3 Å². The fourth-order valence-electron chi connectivity index (χ4n) is 5.08. The van der Waals surface area contributed by atoms with Crippen LogP contribution in [-0.4, -0.2) is 36.8 Å². The fraction of sp³-hybridized carbons (Fsp3) is 0.536. The number of hydrogen-bond donors (Lipinski definition) is 1. The molecule has 184 valence electrons. The number of rotatable bonds is 6. The Balaban J connectivity index is 1.59. The molecule has 2 heterocycles. The van der Waals surface area contributed by atoms with Crippen molar-refractivity contribution in [1.82, 2.24) is 10.2 Å². The fourth-order valence-corrected chi connectivity index (χ4v) is 5.08. The number of carbonyl (C=O) groups excluding carboxylic acids is 1. The van der Waals surface area contributed by atoms with Crippen LogP contribution >= 0.6 is 0 Å². The molecule has 3 atom stereocenters. The van der Waals surface area contributed by atoms with Gasteiger partial charge in [-0.3, -0.25) is 10.1 Å². The summed E-state index contributed by atoms with van der Waals surface area (Å²) in [7, 11) is 1.68. The molecule has 2 aromatic rings. The molecule has 0 aliphatic carbocycles. The van der Waals surface area contributed by atoms with E-state index in [4.69, 9.17) is 9.47 Å². The Labute approximate surface area is 202 Å². The van der Waals surface area contributed by atoms with Gasteiger partial charge in [-0.25, -0.2) is 4.39 Å². The molecule has 2 aliphatic rings. The molecule has 34 heavy (non-hydrogen) atoms. The summed E-state index contributed by atoms with van der Waals surface area (Å²) in [5.41, 5.74) is 2.86. The number of amides is 1. The number of ether oxygens (including phenoxy) is 2. The van der Waals surface area contributed by atoms with Gasteiger partial charge < -0.3 is 14.4 Å². The van der Waals surface area contributed by atoms with Crippen molar-refractivity contribution in [2.75, 3.05) is 13.7 Å². The lowest BCUT2D eigenvalue weighted by Gasteiger charge is -2.35. The molecular formula is C28H37FN2O3. The Kier molecular flexibility index (Phi) is 7.58. The first-order valence-corrected chi connectivity index (χ1v) is 12.4. The first-order chi connectivity index (χ1) is 16.3. The van der Waals surface area contributed by atoms with E-state index in [0.29, 0.717) is 31.6 Å². The quantitative estimate of drug-likeness (QED) is 0.610. The predicted octanol–water partition coefficient (Wildman–Crippen LogP) is 5.48. The zero-order valence-electron chi connectivity index (χ0n) is 20.8. The molecule has 0 saturated carbocycles. The van der Waals surface area contributed by atoms with Crippen LogP contribution in [0.5, 0.6) is 5.75 Å². The van der Waals surface area contributed by atoms with Crippen molar-refractivity contribution in [1.29, 1.82) is 0 Å². The number of nitrogens with one attached hydrogen (secondary N) is 1. The Morgan fingerprint density at radius 3 is 2.62 bits per heavy atom. The third-order valence-electron chi connectivity index (χ3n) is 7.03. The molecule has 2 aromatic carbocycles. The summed E-state index contributed by atoms with van der Waals surface area (Å²) >= 11 is 0. The highest BCUT2D eigenvalue weighted by molar-refractivity contribution is 5.82. The minimum atomic E-state index is -0.454. The highest BCUT2D eigenvalue weighted by atomic mass is 19.1. The minimum Gasteiger partial charge on any atom is -0.496 e. The summed E-state index contributed by atoms with van der Waals surface area (Å²) in [5, 5.41) is 3.59. The molecule has 2 aliphatic heterocycles. The van der Waals surface area contributed by atoms with Crippen LogP contribution in [0.4, 0.5) is 4.39 Å². The minimum absolute atomic E-state index is 0.0185. The van der Waals surface area contributed by atoms with E-state index in [1.54, 1.807) is 19.2 Å². The summed E-state index contributed by atoms with van der Waals surface area (Å²) in [5.74, 6) is 0.506. The molecule has 0 radical (unpaired) electrons. The van der Waals surface area contributed by atoms with E-state index < -0.39 is 6.10 Å². The van der Waals surface area contributed by atoms with Crippen molar-refractivity contribution in [2.24, 2.45) is 0 Å². The molecule has 4 rings (SSSR count). The second kappa shape index (κ2) is 10.4. The van der Waals surface area contributed by atoms with E-state index in [1.807, 2.05) is 17.0 Å². The molecular weight excluding hydrogens is 431 g/mol. The maximum atomic E-state index is 14.7. The SMILES string of the molecule is COc1ccc(C(C)(C)C)cc1CNC1CCC(c2ccccc2F)N1C(=O)[C@@H]1CCCCO1. The van der Waals surface area contributed by atoms with Crippen molar-refractivity contribution in [3.63, 3.8) is 0 Å². The largest absolute Gasteiger partial charge is 0.496 e. The Bertz CT molecular complexity index is 997. The first kappa shape index (κ1) is 24.7. The van der Waals surface area contributed by atoms with Crippen molar-refractivity contribution in [3.05, 3.63) is 65.0 Å². The molecule has 0 aromatic heterocycles. The van der Waals surface area contributed by atoms with Gasteiger partial charge in [0, 0.05) is 24.3 Å². The van der Waals surface area contributed by atoms with Crippen LogP contribution in [0.1, 0.15) is 75.6 Å². The van der Waals surface area contributed by atoms with E-state index in [2.05, 4.69) is 38.2 Å². The predicted molar refractivity (Wildman–Crippen MR) is 131 cm³/mol. The first-order valence-electron chi connectivity index (χ1n) is 12.4. The zero-order chi connectivity index (χ0) is 24.3. The third-order valence-corrected chi connectivity index (χ3v) is 7.03. The Hall–Kier alpha value is -2.44. The monoisotopic (exact) mass is 468 g/mol. The molecule has 1 amide bonds. The van der Waals surface area contributed by atoms with Gasteiger partial charge in [-0.05, 0) is 55.2 Å². The van der Waals surface area contributed by atoms with Crippen LogP contribution in [0.25, 0.3) is 0 Å². The van der Waals surface area contributed by atoms with Gasteiger partial charge >= 0.3 is 0 Å². The molecule has 0 spiro atoms. The molecule has 5 nitrogen and oxygen atoms in total. The maximum Gasteiger partial charge on any atom is 0.253 e. The number of likely N-dealkylation sites (tertiary alicyclic amines) is 1. The topological polar surface area (TPSA) is 50.8 Å². The smallest absolute Gasteiger partial charge is 0.253 e. The van der Waals surface area contributed by atoms with Crippen molar-refractivity contribution < 1.29 is 18.7 Å². The second-order valence-electron chi connectivity index (χ2n) is 10.4. The molecule has 1 N–H and O–H groups in total. The van der Waals surface area contributed by atoms with Gasteiger partial charge in [0.25, 0.3) is 5.91 Å². The average Bonchev–Trinajstić information content (AvgIpc) is 3.26. The third kappa shape index (κ3) is 5.28. The van der Waals surface area contributed by atoms with Crippen molar-refractivity contribution >= 4 is 5.91 Å². The summed E-state index contributed by atoms with van der Waals surface area (Å²) in [6, 6.07) is 12.8. The van der Waals surface area contributed by atoms with E-state index in [1.165, 1.54) is 11.6 Å². The van der Waals surface area contributed by atoms with Crippen LogP contribution < -0.4 is 10.1 Å². The van der Waals surface area contributed by atoms with Crippen LogP contribution in [-0.2, 0) is 21.5 Å². The number of benzene rings is 2. The van der Waals surface area contributed by atoms with Gasteiger partial charge in [-0.2, -0.15) is 0 Å². The van der Waals surface area contributed by atoms with Crippen LogP contribution in [0.2, 0.25) is 0 Å². The van der Waals surface area contributed by atoms with Crippen LogP contribution in [0.3, 0.4) is 0 Å². The summed E-state index contributed by atoms with van der Waals surface area (Å²) < 4.78 is 26.2. The number of halogens is 1. The molecule has 0 bridgehead atoms. The lowest BCUT2D eigenvalue weighted by Crippen LogP contribution is -2.50. The molecule has 2 unspecified atom stereocenters. The van der Waals surface area contributed by atoms with E-state index in [-0.39, 0.29) is 29.3 Å². The summed E-state index contributed by atoms with van der Waals surface area (Å²) in [6.45, 7) is 7.71. The van der Waals surface area contributed by atoms with Gasteiger partial charge in [0.15, 0.2) is 0 Å². The number of nitrogens with zero attached hydrogens (tertiary/aromatic N) is 1. The number of methoxy groups -OCH3 is 1. The van der Waals surface area contributed by atoms with Crippen LogP contribution in [0, 0.1) is 5.82 Å². The molecule has 6 heteroatoms. The normalized spacial score (nSPS) is 23.2. The van der Waals surface area contributed by atoms with E-state index in [9.17, 15) is 9.18 Å². The number of carbonyl (C=O) groups is 1. The number of hydrogen-bond acceptors (Lipinski definition) is 4. The van der Waals surface area contributed by atoms with Gasteiger partial charge in [-0.1, -0.05) is 51.1 Å². The zero-order valence-corrected chi connectivity index (χ0v) is 20.8. The summed E-state index contributed by atoms with van der Waals surface area (Å²) in [6.07, 6.45) is 3.47. The molecule has 2 saturated heterocycles. The van der Waals surface area contributed by atoms with Crippen molar-refractivity contribution in [2.45, 2.75) is 83.1 Å². The highest BCUT2D eigenvalue weighted by Gasteiger charge is 2.41. The van der Waals surface area contributed by atoms with E-state index >= 15 is 0 Å². The standard InChI is InChI=1S/C28H37FN2O3/c1-28(2,3)20-12-14-24(33-4)19(17-20)18-30-26-15-13-23(21-9-5-6-10-22(21)29)31(26)27(32)25-11-7-8-16-34-25/h5-6,9-10,12,14,17,23,25-26,30H,7-8,11,13,15-16,18H2,1-4H3/t23?,25-,26?/m0/s1. The lowest BCUT2D eigenvalue weighted by molar-refractivity contribution is -0.150. The summed E-state index contributed by atoms with van der Waals surface area (Å²) in [4.78, 5) is 15.5. The van der Waals surface area contributed by atoms with Crippen molar-refractivity contribution in [3.8, 4) is 5.75 Å². The van der Waals surface area contributed by atoms with Gasteiger partial charge in [-0.15, -0.1) is 0 Å². The second-order valence-corrected chi connectivity index (χ2v) is 10.4. The van der Waals surface area contributed by atoms with Crippen LogP contribution in [0.15, 0.2) is 42.5 Å². The van der Waals surface area contributed by atoms with Gasteiger partial charge in [0.1, 0.15) is 17.7 Å². The Morgan fingerprint density at radius 1 is 1.15 bits per heavy atom. The van der Waals surface area contributed by atoms with Gasteiger partial charge in [0.2, 0.25) is 0 Å². The Morgan fingerprint density at radius 2 is 1.94 bits per heavy atom. The molecule has 2 fully saturated rings. The average molecular weight is 469 g/mol. The highest BCUT2D eigenvalue weighted by Crippen LogP contribution is 2.38.